The molecule has 5 radical (unpaired) electrons. The van der Waals surface area contributed by atoms with Crippen LogP contribution in [0.4, 0.5) is 5.69 Å². The maximum Gasteiger partial charge on any atom is 0.315 e. The second-order valence-corrected chi connectivity index (χ2v) is 10.4. The molecular formula is C27H33N2O7. The first-order chi connectivity index (χ1) is 17.0. The van der Waals surface area contributed by atoms with Gasteiger partial charge in [0.1, 0.15) is 12.2 Å². The van der Waals surface area contributed by atoms with Crippen molar-refractivity contribution in [3.05, 3.63) is 60.9 Å². The van der Waals surface area contributed by atoms with Crippen molar-refractivity contribution in [1.82, 2.24) is 4.90 Å². The van der Waals surface area contributed by atoms with E-state index >= 15 is 0 Å². The number of carbonyl (C=O) groups excluding carboxylic acids is 1. The number of nitrogens with zero attached hydrogens (tertiary/aromatic N) is 2. The van der Waals surface area contributed by atoms with E-state index in [0.29, 0.717) is 12.5 Å². The molecule has 1 aromatic rings. The van der Waals surface area contributed by atoms with Crippen molar-refractivity contribution in [2.75, 3.05) is 20.7 Å². The van der Waals surface area contributed by atoms with Gasteiger partial charge in [-0.1, -0.05) is 18.2 Å². The fourth-order valence-electron chi connectivity index (χ4n) is 4.83. The zero-order valence-electron chi connectivity index (χ0n) is 21.5. The number of aliphatic imine (C=N–C) groups is 1. The van der Waals surface area contributed by atoms with E-state index in [4.69, 9.17) is 28.4 Å². The molecule has 1 saturated carbocycles. The molecule has 5 atom stereocenters. The second kappa shape index (κ2) is 9.68. The van der Waals surface area contributed by atoms with Gasteiger partial charge in [-0.15, -0.1) is 0 Å². The Labute approximate surface area is 213 Å². The minimum atomic E-state index is -0.855. The van der Waals surface area contributed by atoms with Crippen LogP contribution < -0.4 is 0 Å². The van der Waals surface area contributed by atoms with E-state index in [1.54, 1.807) is 26.6 Å². The summed E-state index contributed by atoms with van der Waals surface area (Å²) in [5, 5.41) is 0. The lowest BCUT2D eigenvalue weighted by molar-refractivity contribution is -0.235. The van der Waals surface area contributed by atoms with E-state index in [9.17, 15) is 4.79 Å². The van der Waals surface area contributed by atoms with Gasteiger partial charge >= 0.3 is 5.97 Å². The van der Waals surface area contributed by atoms with Crippen LogP contribution in [0.15, 0.2) is 29.3 Å². The van der Waals surface area contributed by atoms with E-state index in [2.05, 4.69) is 4.99 Å². The van der Waals surface area contributed by atoms with E-state index in [-0.39, 0.29) is 0 Å². The maximum absolute atomic E-state index is 13.6. The third-order valence-electron chi connectivity index (χ3n) is 6.32. The molecule has 0 aromatic heterocycles. The van der Waals surface area contributed by atoms with Gasteiger partial charge in [0.15, 0.2) is 30.1 Å². The largest absolute Gasteiger partial charge is 0.456 e. The lowest BCUT2D eigenvalue weighted by atomic mass is 9.87. The highest BCUT2D eigenvalue weighted by Gasteiger charge is 2.60. The van der Waals surface area contributed by atoms with Crippen molar-refractivity contribution in [3.63, 3.8) is 0 Å². The van der Waals surface area contributed by atoms with Crippen molar-refractivity contribution in [2.24, 2.45) is 4.99 Å². The summed E-state index contributed by atoms with van der Waals surface area (Å²) in [6, 6.07) is 7.68. The highest BCUT2D eigenvalue weighted by molar-refractivity contribution is 5.96. The number of ether oxygens (including phenoxy) is 6. The van der Waals surface area contributed by atoms with E-state index in [1.165, 1.54) is 0 Å². The number of fused-ring (bicyclic) bond motifs is 1. The van der Waals surface area contributed by atoms with Crippen molar-refractivity contribution in [2.45, 2.75) is 70.0 Å². The van der Waals surface area contributed by atoms with Crippen LogP contribution in [0.1, 0.15) is 33.3 Å². The molecule has 193 valence electrons. The molecule has 0 N–H and O–H groups in total. The summed E-state index contributed by atoms with van der Waals surface area (Å²) >= 11 is 0. The molecule has 0 amide bonds. The monoisotopic (exact) mass is 497 g/mol. The van der Waals surface area contributed by atoms with Crippen LogP contribution in [0.25, 0.3) is 0 Å². The van der Waals surface area contributed by atoms with Gasteiger partial charge in [0, 0.05) is 20.0 Å². The molecule has 0 spiro atoms. The SMILES string of the molecule is CN(C)C=Nc1ccccc1[C]1[CH][CH][CH][C]1C(=O)O[C@@H]1[C@H]2OC(C)(C)O[C@H]2O[C@@H]1[C@H]1COC(C)(C)O1. The number of carbonyl (C=O) groups is 1. The van der Waals surface area contributed by atoms with Gasteiger partial charge in [0.2, 0.25) is 0 Å². The van der Waals surface area contributed by atoms with Gasteiger partial charge in [-0.05, 0) is 58.6 Å². The zero-order chi connectivity index (χ0) is 25.7. The predicted octanol–water partition coefficient (Wildman–Crippen LogP) is 2.97. The smallest absolute Gasteiger partial charge is 0.315 e. The number of hydrogen-bond donors (Lipinski definition) is 0. The van der Waals surface area contributed by atoms with Crippen LogP contribution in [0.5, 0.6) is 0 Å². The first-order valence-electron chi connectivity index (χ1n) is 12.1. The Morgan fingerprint density at radius 3 is 2.56 bits per heavy atom. The van der Waals surface area contributed by atoms with Gasteiger partial charge in [-0.3, -0.25) is 4.79 Å². The predicted molar refractivity (Wildman–Crippen MR) is 130 cm³/mol. The van der Waals surface area contributed by atoms with Crippen LogP contribution in [0.2, 0.25) is 0 Å². The highest BCUT2D eigenvalue weighted by Crippen LogP contribution is 2.45. The molecule has 3 saturated heterocycles. The number of para-hydroxylation sites is 1. The number of rotatable bonds is 6. The maximum atomic E-state index is 13.6. The first kappa shape index (κ1) is 25.6. The van der Waals surface area contributed by atoms with Crippen LogP contribution in [-0.2, 0) is 33.2 Å². The standard InChI is InChI=1S/C27H33N2O7/c1-26(2)31-14-20(34-26)21-22(23-25(33-21)36-27(3,4)35-23)32-24(30)18-12-9-11-16(18)17-10-7-8-13-19(17)28-15-29(5)6/h7-13,15,20-23,25H,14H2,1-6H3/t20-,21-,22+,23-,25-/m1/s1. The molecule has 4 aliphatic rings. The Kier molecular flexibility index (Phi) is 6.89. The van der Waals surface area contributed by atoms with E-state index < -0.39 is 48.2 Å². The Bertz CT molecular complexity index is 994. The van der Waals surface area contributed by atoms with Crippen molar-refractivity contribution < 1.29 is 33.2 Å². The normalized spacial score (nSPS) is 33.9. The molecule has 4 fully saturated rings. The zero-order valence-corrected chi connectivity index (χ0v) is 21.5. The lowest BCUT2D eigenvalue weighted by Crippen LogP contribution is -2.45. The Hall–Kier alpha value is -2.04. The van der Waals surface area contributed by atoms with E-state index in [0.717, 1.165) is 17.2 Å². The second-order valence-electron chi connectivity index (χ2n) is 10.4. The average molecular weight is 498 g/mol. The van der Waals surface area contributed by atoms with Crippen molar-refractivity contribution in [3.8, 4) is 0 Å². The molecule has 0 bridgehead atoms. The molecule has 9 nitrogen and oxygen atoms in total. The average Bonchev–Trinajstić information content (AvgIpc) is 3.55. The van der Waals surface area contributed by atoms with Gasteiger partial charge in [-0.25, -0.2) is 4.99 Å². The lowest BCUT2D eigenvalue weighted by Gasteiger charge is -2.30. The van der Waals surface area contributed by atoms with Crippen molar-refractivity contribution in [1.29, 1.82) is 0 Å². The summed E-state index contributed by atoms with van der Waals surface area (Å²) in [4.78, 5) is 20.0. The molecule has 1 aromatic carbocycles. The molecule has 3 heterocycles. The quantitative estimate of drug-likeness (QED) is 0.337. The first-order valence-corrected chi connectivity index (χ1v) is 12.1. The van der Waals surface area contributed by atoms with Crippen LogP contribution in [0, 0.1) is 31.1 Å². The highest BCUT2D eigenvalue weighted by atomic mass is 16.8. The molecule has 3 aliphatic heterocycles. The van der Waals surface area contributed by atoms with Crippen molar-refractivity contribution >= 4 is 18.0 Å². The van der Waals surface area contributed by atoms with Gasteiger partial charge in [-0.2, -0.15) is 0 Å². The van der Waals surface area contributed by atoms with Crippen LogP contribution in [-0.4, -0.2) is 80.2 Å². The van der Waals surface area contributed by atoms with Gasteiger partial charge in [0.25, 0.3) is 0 Å². The Balaban J connectivity index is 1.36. The molecule has 36 heavy (non-hydrogen) atoms. The van der Waals surface area contributed by atoms with Gasteiger partial charge < -0.3 is 33.3 Å². The third-order valence-corrected chi connectivity index (χ3v) is 6.32. The summed E-state index contributed by atoms with van der Waals surface area (Å²) in [7, 11) is 3.81. The summed E-state index contributed by atoms with van der Waals surface area (Å²) in [6.07, 6.45) is 4.17. The minimum absolute atomic E-state index is 0.313. The summed E-state index contributed by atoms with van der Waals surface area (Å²) in [5.74, 6) is -0.911. The number of hydrogen-bond acceptors (Lipinski definition) is 8. The summed E-state index contributed by atoms with van der Waals surface area (Å²) < 4.78 is 36.1. The third kappa shape index (κ3) is 5.17. The fourth-order valence-corrected chi connectivity index (χ4v) is 4.83. The Morgan fingerprint density at radius 2 is 1.83 bits per heavy atom. The van der Waals surface area contributed by atoms with Crippen LogP contribution in [0.3, 0.4) is 0 Å². The van der Waals surface area contributed by atoms with Crippen LogP contribution >= 0.6 is 0 Å². The van der Waals surface area contributed by atoms with Gasteiger partial charge in [0.05, 0.1) is 24.6 Å². The molecule has 9 heteroatoms. The summed E-state index contributed by atoms with van der Waals surface area (Å²) in [6.45, 7) is 7.61. The minimum Gasteiger partial charge on any atom is -0.456 e. The number of esters is 1. The fraction of sp³-hybridized carbons (Fsp3) is 0.519. The molecule has 1 aliphatic carbocycles. The van der Waals surface area contributed by atoms with E-state index in [1.807, 2.05) is 69.9 Å². The Morgan fingerprint density at radius 1 is 1.06 bits per heavy atom. The number of benzene rings is 1. The topological polar surface area (TPSA) is 88.1 Å². The molecule has 5 rings (SSSR count). The molecular weight excluding hydrogens is 464 g/mol. The summed E-state index contributed by atoms with van der Waals surface area (Å²) in [5.41, 5.74) is 1.59. The molecule has 0 unspecified atom stereocenters.